The standard InChI is InChI=1S/C2H4O.Sr.Ti.2H/c1-2-3;;;;/h2H,1H3;;;;/q;+2;;2*-1. The topological polar surface area (TPSA) is 17.1 Å². The van der Waals surface area contributed by atoms with Crippen molar-refractivity contribution < 1.29 is 29.4 Å². The fourth-order valence-electron chi connectivity index (χ4n) is 0. The molecule has 0 atom stereocenters. The number of carbonyl (C=O) groups is 1. The van der Waals surface area contributed by atoms with Crippen LogP contribution in [0.5, 0.6) is 0 Å². The van der Waals surface area contributed by atoms with Gasteiger partial charge in [0.25, 0.3) is 0 Å². The molecule has 0 aromatic rings. The number of aldehydes is 1. The van der Waals surface area contributed by atoms with E-state index in [1.54, 1.807) is 0 Å². The molecule has 0 rings (SSSR count). The average Bonchev–Trinajstić information content (AvgIpc) is 0.918. The summed E-state index contributed by atoms with van der Waals surface area (Å²) in [5, 5.41) is 0. The van der Waals surface area contributed by atoms with Crippen molar-refractivity contribution in [1.29, 1.82) is 0 Å². The van der Waals surface area contributed by atoms with E-state index in [4.69, 9.17) is 4.79 Å². The van der Waals surface area contributed by atoms with Gasteiger partial charge >= 0.3 is 45.5 Å². The zero-order chi connectivity index (χ0) is 2.71. The zero-order valence-electron chi connectivity index (χ0n) is 5.19. The fourth-order valence-corrected chi connectivity index (χ4v) is 0. The Morgan fingerprint density at radius 2 is 1.80 bits per heavy atom. The third kappa shape index (κ3) is 25.2. The Labute approximate surface area is 86.6 Å². The molecule has 0 aliphatic rings. The van der Waals surface area contributed by atoms with Crippen LogP contribution in [-0.4, -0.2) is 51.8 Å². The van der Waals surface area contributed by atoms with Gasteiger partial charge in [0.1, 0.15) is 6.29 Å². The van der Waals surface area contributed by atoms with Crippen LogP contribution in [0.2, 0.25) is 0 Å². The van der Waals surface area contributed by atoms with Gasteiger partial charge in [0.2, 0.25) is 0 Å². The van der Waals surface area contributed by atoms with E-state index < -0.39 is 0 Å². The van der Waals surface area contributed by atoms with Gasteiger partial charge in [0.15, 0.2) is 0 Å². The molecule has 1 nitrogen and oxygen atoms in total. The van der Waals surface area contributed by atoms with Crippen LogP contribution in [0.3, 0.4) is 0 Å². The van der Waals surface area contributed by atoms with Crippen molar-refractivity contribution in [3.63, 3.8) is 0 Å². The molecule has 0 amide bonds. The molecular formula is C2H6OSrTi. The number of carbonyl (C=O) groups excluding carboxylic acids is 1. The molecule has 26 valence electrons. The van der Waals surface area contributed by atoms with Crippen LogP contribution >= 0.6 is 0 Å². The fraction of sp³-hybridized carbons (Fsp3) is 0.500. The molecule has 0 radical (unpaired) electrons. The molecule has 0 fully saturated rings. The predicted molar refractivity (Wildman–Crippen MR) is 19.7 cm³/mol. The monoisotopic (exact) mass is 182 g/mol. The first-order valence-electron chi connectivity index (χ1n) is 0.813. The summed E-state index contributed by atoms with van der Waals surface area (Å²) >= 11 is 0. The summed E-state index contributed by atoms with van der Waals surface area (Å²) in [5.41, 5.74) is 0. The second kappa shape index (κ2) is 16.9. The molecule has 0 bridgehead atoms. The Hall–Kier alpha value is 1.86. The summed E-state index contributed by atoms with van der Waals surface area (Å²) in [6, 6.07) is 0. The van der Waals surface area contributed by atoms with E-state index >= 15 is 0 Å². The van der Waals surface area contributed by atoms with Gasteiger partial charge in [-0.15, -0.1) is 0 Å². The molecule has 0 unspecified atom stereocenters. The second-order valence-corrected chi connectivity index (χ2v) is 0.236. The summed E-state index contributed by atoms with van der Waals surface area (Å²) in [5.74, 6) is 0. The number of hydrogen-bond acceptors (Lipinski definition) is 1. The predicted octanol–water partition coefficient (Wildman–Crippen LogP) is 0.0469. The Bertz CT molecular complexity index is 23.2. The van der Waals surface area contributed by atoms with Crippen molar-refractivity contribution in [2.24, 2.45) is 0 Å². The molecule has 0 N–H and O–H groups in total. The van der Waals surface area contributed by atoms with E-state index in [9.17, 15) is 0 Å². The normalized spacial score (nSPS) is 2.60. The molecule has 0 aromatic heterocycles. The maximum Gasteiger partial charge on any atom is 2.00 e. The third-order valence-electron chi connectivity index (χ3n) is 0. The summed E-state index contributed by atoms with van der Waals surface area (Å²) in [6.45, 7) is 1.44. The van der Waals surface area contributed by atoms with Gasteiger partial charge in [0, 0.05) is 21.7 Å². The Morgan fingerprint density at radius 1 is 1.80 bits per heavy atom. The van der Waals surface area contributed by atoms with Crippen molar-refractivity contribution in [1.82, 2.24) is 0 Å². The molecule has 0 heterocycles. The van der Waals surface area contributed by atoms with E-state index in [2.05, 4.69) is 0 Å². The first-order valence-corrected chi connectivity index (χ1v) is 0.813. The molecule has 5 heavy (non-hydrogen) atoms. The Morgan fingerprint density at radius 3 is 1.80 bits per heavy atom. The van der Waals surface area contributed by atoms with Crippen molar-refractivity contribution >= 4 is 51.8 Å². The SMILES string of the molecule is CC=O.[H-].[H-].[Sr+2].[Ti]. The van der Waals surface area contributed by atoms with Crippen LogP contribution in [0.25, 0.3) is 0 Å². The number of rotatable bonds is 0. The van der Waals surface area contributed by atoms with Crippen LogP contribution in [0.4, 0.5) is 0 Å². The van der Waals surface area contributed by atoms with Crippen LogP contribution in [0.15, 0.2) is 0 Å². The summed E-state index contributed by atoms with van der Waals surface area (Å²) in [7, 11) is 0. The van der Waals surface area contributed by atoms with Gasteiger partial charge in [-0.05, 0) is 6.92 Å². The third-order valence-corrected chi connectivity index (χ3v) is 0. The maximum absolute atomic E-state index is 8.81. The molecule has 3 heteroatoms. The minimum atomic E-state index is 0. The number of hydrogen-bond donors (Lipinski definition) is 0. The van der Waals surface area contributed by atoms with Crippen LogP contribution in [0, 0.1) is 0 Å². The minimum absolute atomic E-state index is 0. The Balaban J connectivity index is -0.00000000333. The minimum Gasteiger partial charge on any atom is -1.00 e. The molecule has 0 aliphatic carbocycles. The van der Waals surface area contributed by atoms with Gasteiger partial charge in [-0.1, -0.05) is 0 Å². The second-order valence-electron chi connectivity index (χ2n) is 0.236. The molecule has 0 aliphatic heterocycles. The van der Waals surface area contributed by atoms with Crippen molar-refractivity contribution in [2.45, 2.75) is 6.92 Å². The summed E-state index contributed by atoms with van der Waals surface area (Å²) < 4.78 is 0. The van der Waals surface area contributed by atoms with Gasteiger partial charge in [0.05, 0.1) is 0 Å². The van der Waals surface area contributed by atoms with Crippen molar-refractivity contribution in [3.05, 3.63) is 0 Å². The molecular weight excluding hydrogens is 176 g/mol. The van der Waals surface area contributed by atoms with E-state index in [1.807, 2.05) is 0 Å². The molecule has 0 aromatic carbocycles. The zero-order valence-corrected chi connectivity index (χ0v) is 8.23. The first-order chi connectivity index (χ1) is 1.41. The Kier molecular flexibility index (Phi) is 53.5. The van der Waals surface area contributed by atoms with Gasteiger partial charge in [-0.2, -0.15) is 0 Å². The quantitative estimate of drug-likeness (QED) is 0.381. The van der Waals surface area contributed by atoms with Gasteiger partial charge in [-0.3, -0.25) is 0 Å². The van der Waals surface area contributed by atoms with E-state index in [1.165, 1.54) is 6.92 Å². The maximum atomic E-state index is 8.81. The molecule has 0 spiro atoms. The van der Waals surface area contributed by atoms with E-state index in [0.717, 1.165) is 6.29 Å². The van der Waals surface area contributed by atoms with Gasteiger partial charge < -0.3 is 7.65 Å². The van der Waals surface area contributed by atoms with Crippen molar-refractivity contribution in [2.75, 3.05) is 0 Å². The molecule has 0 saturated carbocycles. The van der Waals surface area contributed by atoms with E-state index in [0.29, 0.717) is 0 Å². The van der Waals surface area contributed by atoms with Crippen LogP contribution in [-0.2, 0) is 26.5 Å². The largest absolute Gasteiger partial charge is 2.00 e. The molecule has 0 saturated heterocycles. The van der Waals surface area contributed by atoms with Crippen LogP contribution < -0.4 is 0 Å². The van der Waals surface area contributed by atoms with E-state index in [-0.39, 0.29) is 70.1 Å². The van der Waals surface area contributed by atoms with Gasteiger partial charge in [-0.25, -0.2) is 0 Å². The van der Waals surface area contributed by atoms with Crippen LogP contribution in [0.1, 0.15) is 9.78 Å². The summed E-state index contributed by atoms with van der Waals surface area (Å²) in [4.78, 5) is 8.81. The first kappa shape index (κ1) is 15.8. The summed E-state index contributed by atoms with van der Waals surface area (Å²) in [6.07, 6.45) is 0.750. The smallest absolute Gasteiger partial charge is 1.00 e. The average molecular weight is 182 g/mol. The van der Waals surface area contributed by atoms with Crippen molar-refractivity contribution in [3.8, 4) is 0 Å².